The van der Waals surface area contributed by atoms with Crippen molar-refractivity contribution in [2.75, 3.05) is 19.7 Å². The first-order chi connectivity index (χ1) is 10.3. The van der Waals surface area contributed by atoms with Crippen LogP contribution in [-0.4, -0.2) is 46.1 Å². The van der Waals surface area contributed by atoms with Gasteiger partial charge in [-0.15, -0.1) is 0 Å². The van der Waals surface area contributed by atoms with Gasteiger partial charge in [-0.1, -0.05) is 19.3 Å². The van der Waals surface area contributed by atoms with Crippen molar-refractivity contribution in [1.82, 2.24) is 14.9 Å². The highest BCUT2D eigenvalue weighted by atomic mass is 16.5. The molecule has 114 valence electrons. The molecule has 0 atom stereocenters. The van der Waals surface area contributed by atoms with E-state index in [2.05, 4.69) is 9.97 Å². The number of carbonyl (C=O) groups is 1. The van der Waals surface area contributed by atoms with Gasteiger partial charge >= 0.3 is 0 Å². The molecule has 2 heterocycles. The Morgan fingerprint density at radius 3 is 2.76 bits per heavy atom. The highest BCUT2D eigenvalue weighted by Gasteiger charge is 2.38. The van der Waals surface area contributed by atoms with E-state index in [-0.39, 0.29) is 11.5 Å². The topological polar surface area (TPSA) is 55.3 Å². The lowest BCUT2D eigenvalue weighted by atomic mass is 9.83. The summed E-state index contributed by atoms with van der Waals surface area (Å²) in [5.74, 6) is 0.946. The van der Waals surface area contributed by atoms with Crippen molar-refractivity contribution in [3.8, 4) is 0 Å². The minimum atomic E-state index is -0.0601. The summed E-state index contributed by atoms with van der Waals surface area (Å²) >= 11 is 0. The molecule has 1 aromatic heterocycles. The van der Waals surface area contributed by atoms with E-state index in [4.69, 9.17) is 4.74 Å². The smallest absolute Gasteiger partial charge is 0.223 e. The number of aromatic nitrogens is 2. The monoisotopic (exact) mass is 289 g/mol. The SMILES string of the molecule is O=C(CCc1ncccn1)N1CCOC2(CCCCC2)C1. The van der Waals surface area contributed by atoms with Crippen LogP contribution in [0.15, 0.2) is 18.5 Å². The number of nitrogens with zero attached hydrogens (tertiary/aromatic N) is 3. The molecule has 2 fully saturated rings. The Morgan fingerprint density at radius 2 is 2.00 bits per heavy atom. The lowest BCUT2D eigenvalue weighted by Crippen LogP contribution is -2.54. The summed E-state index contributed by atoms with van der Waals surface area (Å²) in [6.45, 7) is 2.16. The standard InChI is InChI=1S/C16H23N3O2/c20-15(6-5-14-17-9-4-10-18-14)19-11-12-21-16(13-19)7-2-1-3-8-16/h4,9-10H,1-3,5-8,11-13H2. The maximum absolute atomic E-state index is 12.4. The Labute approximate surface area is 125 Å². The molecule has 1 aliphatic heterocycles. The second-order valence-electron chi connectivity index (χ2n) is 6.07. The highest BCUT2D eigenvalue weighted by molar-refractivity contribution is 5.76. The van der Waals surface area contributed by atoms with E-state index in [1.54, 1.807) is 18.5 Å². The van der Waals surface area contributed by atoms with Crippen molar-refractivity contribution in [1.29, 1.82) is 0 Å². The van der Waals surface area contributed by atoms with Gasteiger partial charge in [0.05, 0.1) is 12.2 Å². The lowest BCUT2D eigenvalue weighted by molar-refractivity contribution is -0.156. The number of hydrogen-bond acceptors (Lipinski definition) is 4. The van der Waals surface area contributed by atoms with Crippen LogP contribution in [0.5, 0.6) is 0 Å². The molecule has 21 heavy (non-hydrogen) atoms. The predicted octanol–water partition coefficient (Wildman–Crippen LogP) is 1.97. The Hall–Kier alpha value is -1.49. The molecule has 1 saturated heterocycles. The first kappa shape index (κ1) is 14.4. The molecule has 1 aromatic rings. The van der Waals surface area contributed by atoms with Gasteiger partial charge in [0.25, 0.3) is 0 Å². The molecule has 1 spiro atoms. The van der Waals surface area contributed by atoms with Gasteiger partial charge in [0.1, 0.15) is 5.82 Å². The van der Waals surface area contributed by atoms with Crippen molar-refractivity contribution in [3.63, 3.8) is 0 Å². The molecule has 0 aromatic carbocycles. The van der Waals surface area contributed by atoms with E-state index >= 15 is 0 Å². The maximum Gasteiger partial charge on any atom is 0.223 e. The Morgan fingerprint density at radius 1 is 1.24 bits per heavy atom. The third-order valence-corrected chi connectivity index (χ3v) is 4.55. The van der Waals surface area contributed by atoms with Crippen LogP contribution in [0.25, 0.3) is 0 Å². The van der Waals surface area contributed by atoms with Gasteiger partial charge in [0, 0.05) is 38.3 Å². The summed E-state index contributed by atoms with van der Waals surface area (Å²) in [6.07, 6.45) is 10.5. The Bertz CT molecular complexity index is 466. The average Bonchev–Trinajstić information content (AvgIpc) is 2.54. The quantitative estimate of drug-likeness (QED) is 0.853. The van der Waals surface area contributed by atoms with Gasteiger partial charge in [-0.2, -0.15) is 0 Å². The van der Waals surface area contributed by atoms with E-state index in [0.29, 0.717) is 19.4 Å². The number of aryl methyl sites for hydroxylation is 1. The zero-order chi connectivity index (χ0) is 14.5. The predicted molar refractivity (Wildman–Crippen MR) is 78.7 cm³/mol. The van der Waals surface area contributed by atoms with E-state index in [9.17, 15) is 4.79 Å². The van der Waals surface area contributed by atoms with Crippen LogP contribution in [0, 0.1) is 0 Å². The van der Waals surface area contributed by atoms with Crippen molar-refractivity contribution in [2.45, 2.75) is 50.5 Å². The molecule has 1 saturated carbocycles. The number of morpholine rings is 1. The fourth-order valence-corrected chi connectivity index (χ4v) is 3.39. The number of hydrogen-bond donors (Lipinski definition) is 0. The first-order valence-corrected chi connectivity index (χ1v) is 7.95. The molecule has 0 unspecified atom stereocenters. The van der Waals surface area contributed by atoms with Gasteiger partial charge in [-0.25, -0.2) is 9.97 Å². The van der Waals surface area contributed by atoms with Crippen molar-refractivity contribution in [2.24, 2.45) is 0 Å². The number of rotatable bonds is 3. The third kappa shape index (κ3) is 3.59. The summed E-state index contributed by atoms with van der Waals surface area (Å²) in [5, 5.41) is 0. The molecule has 0 radical (unpaired) electrons. The maximum atomic E-state index is 12.4. The van der Waals surface area contributed by atoms with Crippen LogP contribution in [0.3, 0.4) is 0 Å². The van der Waals surface area contributed by atoms with Gasteiger partial charge in [-0.05, 0) is 18.9 Å². The molecule has 2 aliphatic rings. The normalized spacial score (nSPS) is 21.4. The minimum absolute atomic E-state index is 0.0601. The zero-order valence-electron chi connectivity index (χ0n) is 12.5. The minimum Gasteiger partial charge on any atom is -0.371 e. The molecule has 5 nitrogen and oxygen atoms in total. The summed E-state index contributed by atoms with van der Waals surface area (Å²) in [4.78, 5) is 22.7. The Balaban J connectivity index is 1.54. The zero-order valence-corrected chi connectivity index (χ0v) is 12.5. The summed E-state index contributed by atoms with van der Waals surface area (Å²) in [5.41, 5.74) is -0.0601. The first-order valence-electron chi connectivity index (χ1n) is 7.95. The second kappa shape index (κ2) is 6.52. The van der Waals surface area contributed by atoms with Crippen LogP contribution in [0.4, 0.5) is 0 Å². The van der Waals surface area contributed by atoms with Crippen LogP contribution in [0.1, 0.15) is 44.3 Å². The third-order valence-electron chi connectivity index (χ3n) is 4.55. The van der Waals surface area contributed by atoms with E-state index in [1.165, 1.54) is 19.3 Å². The lowest BCUT2D eigenvalue weighted by Gasteiger charge is -2.45. The van der Waals surface area contributed by atoms with Crippen molar-refractivity contribution in [3.05, 3.63) is 24.3 Å². The number of carbonyl (C=O) groups excluding carboxylic acids is 1. The summed E-state index contributed by atoms with van der Waals surface area (Å²) in [7, 11) is 0. The molecular weight excluding hydrogens is 266 g/mol. The molecule has 3 rings (SSSR count). The van der Waals surface area contributed by atoms with Crippen molar-refractivity contribution < 1.29 is 9.53 Å². The molecule has 5 heteroatoms. The van der Waals surface area contributed by atoms with Crippen LogP contribution in [-0.2, 0) is 16.0 Å². The summed E-state index contributed by atoms with van der Waals surface area (Å²) < 4.78 is 6.03. The van der Waals surface area contributed by atoms with Crippen LogP contribution in [0.2, 0.25) is 0 Å². The van der Waals surface area contributed by atoms with E-state index < -0.39 is 0 Å². The molecular formula is C16H23N3O2. The van der Waals surface area contributed by atoms with Gasteiger partial charge in [0.15, 0.2) is 0 Å². The molecule has 0 bridgehead atoms. The number of amides is 1. The van der Waals surface area contributed by atoms with Crippen molar-refractivity contribution >= 4 is 5.91 Å². The van der Waals surface area contributed by atoms with Gasteiger partial charge in [0.2, 0.25) is 5.91 Å². The van der Waals surface area contributed by atoms with Gasteiger partial charge < -0.3 is 9.64 Å². The van der Waals surface area contributed by atoms with Crippen LogP contribution < -0.4 is 0 Å². The van der Waals surface area contributed by atoms with E-state index in [1.807, 2.05) is 4.90 Å². The molecule has 1 amide bonds. The largest absolute Gasteiger partial charge is 0.371 e. The van der Waals surface area contributed by atoms with Crippen LogP contribution >= 0.6 is 0 Å². The molecule has 0 N–H and O–H groups in total. The fourth-order valence-electron chi connectivity index (χ4n) is 3.39. The Kier molecular flexibility index (Phi) is 4.48. The second-order valence-corrected chi connectivity index (χ2v) is 6.07. The van der Waals surface area contributed by atoms with E-state index in [0.717, 1.165) is 31.8 Å². The highest BCUT2D eigenvalue weighted by Crippen LogP contribution is 2.34. The molecule has 1 aliphatic carbocycles. The number of ether oxygens (including phenoxy) is 1. The van der Waals surface area contributed by atoms with Gasteiger partial charge in [-0.3, -0.25) is 4.79 Å². The summed E-state index contributed by atoms with van der Waals surface area (Å²) in [6, 6.07) is 1.79. The fraction of sp³-hybridized carbons (Fsp3) is 0.688. The average molecular weight is 289 g/mol.